The van der Waals surface area contributed by atoms with E-state index in [1.807, 2.05) is 19.9 Å². The highest BCUT2D eigenvalue weighted by atomic mass is 28.4. The van der Waals surface area contributed by atoms with Crippen LogP contribution in [0.1, 0.15) is 34.6 Å². The first-order valence-corrected chi connectivity index (χ1v) is 8.13. The van der Waals surface area contributed by atoms with Crippen molar-refractivity contribution in [1.29, 1.82) is 0 Å². The van der Waals surface area contributed by atoms with E-state index in [9.17, 15) is 0 Å². The number of benzene rings is 1. The first-order chi connectivity index (χ1) is 7.98. The van der Waals surface area contributed by atoms with Crippen molar-refractivity contribution in [1.82, 2.24) is 0 Å². The van der Waals surface area contributed by atoms with E-state index >= 15 is 0 Å². The predicted molar refractivity (Wildman–Crippen MR) is 74.8 cm³/mol. The molecule has 0 radical (unpaired) electrons. The zero-order valence-corrected chi connectivity index (χ0v) is 12.6. The molecule has 0 saturated heterocycles. The third-order valence-corrected chi connectivity index (χ3v) is 7.29. The Morgan fingerprint density at radius 3 is 1.76 bits per heavy atom. The highest BCUT2D eigenvalue weighted by molar-refractivity contribution is 6.83. The Kier molecular flexibility index (Phi) is 4.92. The van der Waals surface area contributed by atoms with Crippen molar-refractivity contribution in [3.05, 3.63) is 30.3 Å². The van der Waals surface area contributed by atoms with Crippen molar-refractivity contribution in [2.24, 2.45) is 0 Å². The average molecular weight is 252 g/mol. The predicted octanol–water partition coefficient (Wildman–Crippen LogP) is 3.21. The lowest BCUT2D eigenvalue weighted by atomic mass is 10.2. The van der Waals surface area contributed by atoms with Gasteiger partial charge in [0.1, 0.15) is 0 Å². The van der Waals surface area contributed by atoms with Gasteiger partial charge in [-0.3, -0.25) is 0 Å². The van der Waals surface area contributed by atoms with Crippen LogP contribution in [0.2, 0.25) is 5.04 Å². The zero-order valence-electron chi connectivity index (χ0n) is 11.6. The van der Waals surface area contributed by atoms with E-state index < -0.39 is 8.56 Å². The molecule has 0 aromatic heterocycles. The maximum atomic E-state index is 6.14. The summed E-state index contributed by atoms with van der Waals surface area (Å²) in [5, 5.41) is 1.23. The summed E-state index contributed by atoms with van der Waals surface area (Å²) in [5.41, 5.74) is 0. The molecule has 0 N–H and O–H groups in total. The normalized spacial score (nSPS) is 12.8. The van der Waals surface area contributed by atoms with Crippen LogP contribution in [0.15, 0.2) is 30.3 Å². The monoisotopic (exact) mass is 252 g/mol. The van der Waals surface area contributed by atoms with Gasteiger partial charge in [0.25, 0.3) is 0 Å². The Labute approximate surface area is 106 Å². The maximum Gasteiger partial charge on any atom is 0.378 e. The van der Waals surface area contributed by atoms with E-state index in [4.69, 9.17) is 8.85 Å². The molecule has 0 spiro atoms. The summed E-state index contributed by atoms with van der Waals surface area (Å²) in [6.45, 7) is 12.1. The van der Waals surface area contributed by atoms with Gasteiger partial charge in [-0.25, -0.2) is 0 Å². The van der Waals surface area contributed by atoms with Crippen molar-refractivity contribution in [2.45, 2.75) is 39.7 Å². The van der Waals surface area contributed by atoms with Gasteiger partial charge in [-0.15, -0.1) is 0 Å². The van der Waals surface area contributed by atoms with Crippen LogP contribution in [0.25, 0.3) is 0 Å². The molecule has 0 heterocycles. The van der Waals surface area contributed by atoms with E-state index in [0.717, 1.165) is 0 Å². The van der Waals surface area contributed by atoms with Crippen molar-refractivity contribution < 1.29 is 8.85 Å². The first-order valence-electron chi connectivity index (χ1n) is 6.31. The minimum atomic E-state index is -2.37. The molecular weight excluding hydrogens is 228 g/mol. The highest BCUT2D eigenvalue weighted by Crippen LogP contribution is 2.37. The lowest BCUT2D eigenvalue weighted by molar-refractivity contribution is 0.174. The fourth-order valence-corrected chi connectivity index (χ4v) is 5.73. The highest BCUT2D eigenvalue weighted by Gasteiger charge is 2.50. The molecule has 96 valence electrons. The Hall–Kier alpha value is -0.643. The van der Waals surface area contributed by atoms with Crippen LogP contribution in [0.5, 0.6) is 0 Å². The molecule has 1 aromatic rings. The summed E-state index contributed by atoms with van der Waals surface area (Å²) in [4.78, 5) is 0. The Balaban J connectivity index is 3.25. The van der Waals surface area contributed by atoms with Crippen LogP contribution >= 0.6 is 0 Å². The molecule has 1 aromatic carbocycles. The summed E-state index contributed by atoms with van der Waals surface area (Å²) in [5.74, 6) is 0. The van der Waals surface area contributed by atoms with Crippen molar-refractivity contribution >= 4 is 13.7 Å². The van der Waals surface area contributed by atoms with E-state index in [1.54, 1.807) is 0 Å². The van der Waals surface area contributed by atoms with E-state index in [0.29, 0.717) is 13.2 Å². The Bertz CT molecular complexity index is 324. The molecule has 17 heavy (non-hydrogen) atoms. The van der Waals surface area contributed by atoms with Crippen LogP contribution in [0, 0.1) is 0 Å². The molecule has 2 nitrogen and oxygen atoms in total. The SMILES string of the molecule is CCO[Si](OCC)(c1ccccc1)C(C)(C)C. The molecule has 3 heteroatoms. The van der Waals surface area contributed by atoms with E-state index in [2.05, 4.69) is 45.0 Å². The number of rotatable bonds is 5. The summed E-state index contributed by atoms with van der Waals surface area (Å²) in [6, 6.07) is 10.4. The molecule has 0 atom stereocenters. The van der Waals surface area contributed by atoms with Gasteiger partial charge in [0, 0.05) is 18.3 Å². The van der Waals surface area contributed by atoms with Gasteiger partial charge >= 0.3 is 8.56 Å². The standard InChI is InChI=1S/C14H24O2Si/c1-6-15-17(16-7-2,14(3,4)5)13-11-9-8-10-12-13/h8-12H,6-7H2,1-5H3. The van der Waals surface area contributed by atoms with Crippen molar-refractivity contribution in [3.63, 3.8) is 0 Å². The van der Waals surface area contributed by atoms with Gasteiger partial charge < -0.3 is 8.85 Å². The third-order valence-electron chi connectivity index (χ3n) is 2.84. The largest absolute Gasteiger partial charge is 0.391 e. The lowest BCUT2D eigenvalue weighted by Crippen LogP contribution is -2.60. The zero-order chi connectivity index (χ0) is 12.9. The molecular formula is C14H24O2Si. The number of hydrogen-bond donors (Lipinski definition) is 0. The molecule has 0 aliphatic rings. The molecule has 0 saturated carbocycles. The minimum absolute atomic E-state index is 0.0143. The molecule has 0 fully saturated rings. The van der Waals surface area contributed by atoms with Gasteiger partial charge in [0.2, 0.25) is 0 Å². The van der Waals surface area contributed by atoms with Crippen LogP contribution in [0.4, 0.5) is 0 Å². The lowest BCUT2D eigenvalue weighted by Gasteiger charge is -2.40. The molecule has 0 aliphatic carbocycles. The summed E-state index contributed by atoms with van der Waals surface area (Å²) in [6.07, 6.45) is 0. The van der Waals surface area contributed by atoms with Crippen LogP contribution in [0.3, 0.4) is 0 Å². The van der Waals surface area contributed by atoms with Crippen molar-refractivity contribution in [3.8, 4) is 0 Å². The molecule has 0 unspecified atom stereocenters. The van der Waals surface area contributed by atoms with Crippen LogP contribution < -0.4 is 5.19 Å². The Morgan fingerprint density at radius 1 is 0.941 bits per heavy atom. The summed E-state index contributed by atoms with van der Waals surface area (Å²) >= 11 is 0. The smallest absolute Gasteiger partial charge is 0.378 e. The minimum Gasteiger partial charge on any atom is -0.391 e. The average Bonchev–Trinajstić information content (AvgIpc) is 2.28. The molecule has 0 aliphatic heterocycles. The van der Waals surface area contributed by atoms with Crippen LogP contribution in [-0.2, 0) is 8.85 Å². The third kappa shape index (κ3) is 2.97. The Morgan fingerprint density at radius 2 is 1.41 bits per heavy atom. The summed E-state index contributed by atoms with van der Waals surface area (Å²) in [7, 11) is -2.37. The van der Waals surface area contributed by atoms with Gasteiger partial charge in [-0.05, 0) is 19.0 Å². The van der Waals surface area contributed by atoms with Gasteiger partial charge in [-0.2, -0.15) is 0 Å². The van der Waals surface area contributed by atoms with Gasteiger partial charge in [-0.1, -0.05) is 51.1 Å². The summed E-state index contributed by atoms with van der Waals surface area (Å²) < 4.78 is 12.3. The molecule has 0 bridgehead atoms. The van der Waals surface area contributed by atoms with Gasteiger partial charge in [0.15, 0.2) is 0 Å². The first kappa shape index (κ1) is 14.4. The van der Waals surface area contributed by atoms with E-state index in [-0.39, 0.29) is 5.04 Å². The van der Waals surface area contributed by atoms with Gasteiger partial charge in [0.05, 0.1) is 0 Å². The van der Waals surface area contributed by atoms with Crippen LogP contribution in [-0.4, -0.2) is 21.8 Å². The second-order valence-electron chi connectivity index (χ2n) is 5.10. The molecule has 1 rings (SSSR count). The second kappa shape index (κ2) is 5.80. The molecule has 0 amide bonds. The fraction of sp³-hybridized carbons (Fsp3) is 0.571. The van der Waals surface area contributed by atoms with E-state index in [1.165, 1.54) is 5.19 Å². The quantitative estimate of drug-likeness (QED) is 0.749. The second-order valence-corrected chi connectivity index (χ2v) is 8.99. The number of hydrogen-bond acceptors (Lipinski definition) is 2. The maximum absolute atomic E-state index is 6.14. The topological polar surface area (TPSA) is 18.5 Å². The fourth-order valence-electron chi connectivity index (χ4n) is 2.14. The van der Waals surface area contributed by atoms with Crippen molar-refractivity contribution in [2.75, 3.05) is 13.2 Å².